The van der Waals surface area contributed by atoms with Crippen molar-refractivity contribution in [2.75, 3.05) is 62.8 Å². The second-order valence-electron chi connectivity index (χ2n) is 8.33. The summed E-state index contributed by atoms with van der Waals surface area (Å²) in [5.74, 6) is 1.11. The first-order valence-electron chi connectivity index (χ1n) is 11.0. The number of ether oxygens (including phenoxy) is 1. The Balaban J connectivity index is 1.53. The molecule has 5 rings (SSSR count). The van der Waals surface area contributed by atoms with Gasteiger partial charge >= 0.3 is 0 Å². The van der Waals surface area contributed by atoms with Crippen LogP contribution in [0.25, 0.3) is 22.3 Å². The summed E-state index contributed by atoms with van der Waals surface area (Å²) < 4.78 is 5.44. The van der Waals surface area contributed by atoms with E-state index in [-0.39, 0.29) is 6.61 Å². The number of pyridine rings is 2. The summed E-state index contributed by atoms with van der Waals surface area (Å²) in [6, 6.07) is 12.4. The van der Waals surface area contributed by atoms with E-state index >= 15 is 0 Å². The lowest BCUT2D eigenvalue weighted by Crippen LogP contribution is -2.43. The highest BCUT2D eigenvalue weighted by Crippen LogP contribution is 2.35. The fourth-order valence-corrected chi connectivity index (χ4v) is 4.56. The second-order valence-corrected chi connectivity index (χ2v) is 8.33. The molecule has 0 bridgehead atoms. The Morgan fingerprint density at radius 1 is 1.06 bits per heavy atom. The first kappa shape index (κ1) is 20.0. The van der Waals surface area contributed by atoms with Gasteiger partial charge in [0.25, 0.3) is 0 Å². The number of nitrogens with zero attached hydrogens (tertiary/aromatic N) is 4. The smallest absolute Gasteiger partial charge is 0.121 e. The molecule has 0 saturated carbocycles. The third-order valence-corrected chi connectivity index (χ3v) is 6.37. The molecule has 7 heteroatoms. The summed E-state index contributed by atoms with van der Waals surface area (Å²) in [4.78, 5) is 14.4. The van der Waals surface area contributed by atoms with Gasteiger partial charge in [0, 0.05) is 68.9 Å². The summed E-state index contributed by atoms with van der Waals surface area (Å²) in [5.41, 5.74) is 4.91. The molecule has 1 aromatic carbocycles. The number of benzene rings is 1. The Morgan fingerprint density at radius 3 is 2.65 bits per heavy atom. The molecule has 2 aromatic heterocycles. The quantitative estimate of drug-likeness (QED) is 0.658. The number of rotatable bonds is 5. The first-order chi connectivity index (χ1) is 15.2. The molecule has 2 fully saturated rings. The van der Waals surface area contributed by atoms with Crippen LogP contribution in [0.3, 0.4) is 0 Å². The van der Waals surface area contributed by atoms with Crippen LogP contribution >= 0.6 is 0 Å². The molecule has 0 aliphatic carbocycles. The second kappa shape index (κ2) is 8.69. The molecular weight excluding hydrogens is 390 g/mol. The van der Waals surface area contributed by atoms with Crippen molar-refractivity contribution in [1.82, 2.24) is 15.3 Å². The van der Waals surface area contributed by atoms with Gasteiger partial charge in [0.2, 0.25) is 0 Å². The predicted molar refractivity (Wildman–Crippen MR) is 124 cm³/mol. The molecule has 4 heterocycles. The van der Waals surface area contributed by atoms with Gasteiger partial charge in [-0.05, 0) is 36.8 Å². The Kier molecular flexibility index (Phi) is 5.61. The van der Waals surface area contributed by atoms with E-state index in [4.69, 9.17) is 14.7 Å². The van der Waals surface area contributed by atoms with Crippen LogP contribution in [-0.4, -0.2) is 68.1 Å². The van der Waals surface area contributed by atoms with Crippen LogP contribution in [0.1, 0.15) is 6.42 Å². The van der Waals surface area contributed by atoms with Gasteiger partial charge < -0.3 is 25.0 Å². The zero-order valence-electron chi connectivity index (χ0n) is 17.9. The van der Waals surface area contributed by atoms with Crippen LogP contribution in [0, 0.1) is 5.92 Å². The summed E-state index contributed by atoms with van der Waals surface area (Å²) in [7, 11) is 1.68. The van der Waals surface area contributed by atoms with Crippen LogP contribution < -0.4 is 19.9 Å². The maximum atomic E-state index is 9.60. The largest absolute Gasteiger partial charge is 0.497 e. The predicted octanol–water partition coefficient (Wildman–Crippen LogP) is 2.53. The lowest BCUT2D eigenvalue weighted by molar-refractivity contribution is 0.238. The molecule has 7 nitrogen and oxygen atoms in total. The molecule has 2 N–H and O–H groups in total. The summed E-state index contributed by atoms with van der Waals surface area (Å²) in [5, 5.41) is 14.1. The third kappa shape index (κ3) is 4.03. The topological polar surface area (TPSA) is 73.8 Å². The maximum Gasteiger partial charge on any atom is 0.121 e. The minimum absolute atomic E-state index is 0.231. The molecule has 0 amide bonds. The van der Waals surface area contributed by atoms with Gasteiger partial charge in [-0.3, -0.25) is 4.98 Å². The zero-order chi connectivity index (χ0) is 21.2. The van der Waals surface area contributed by atoms with Crippen molar-refractivity contribution < 1.29 is 9.84 Å². The number of anilines is 2. The number of hydrogen-bond donors (Lipinski definition) is 2. The number of nitrogens with one attached hydrogen (secondary N) is 1. The van der Waals surface area contributed by atoms with Crippen LogP contribution in [0.15, 0.2) is 42.6 Å². The van der Waals surface area contributed by atoms with Crippen molar-refractivity contribution in [2.24, 2.45) is 5.92 Å². The molecular formula is C24H29N5O2. The van der Waals surface area contributed by atoms with Gasteiger partial charge in [-0.1, -0.05) is 0 Å². The number of aliphatic hydroxyl groups excluding tert-OH is 1. The number of fused-ring (bicyclic) bond motifs is 1. The number of piperazine rings is 1. The Hall–Kier alpha value is -2.90. The van der Waals surface area contributed by atoms with Crippen molar-refractivity contribution in [2.45, 2.75) is 6.42 Å². The van der Waals surface area contributed by atoms with E-state index in [1.807, 2.05) is 18.3 Å². The van der Waals surface area contributed by atoms with E-state index in [2.05, 4.69) is 39.4 Å². The minimum Gasteiger partial charge on any atom is -0.497 e. The van der Waals surface area contributed by atoms with E-state index in [0.717, 1.165) is 85.1 Å². The summed E-state index contributed by atoms with van der Waals surface area (Å²) in [6.45, 7) is 6.03. The van der Waals surface area contributed by atoms with Crippen LogP contribution in [0.5, 0.6) is 5.75 Å². The standard InChI is InChI=1S/C24H29N5O2/c1-31-19-3-4-20-22(12-19)27-23(13-24(20)29-9-6-17(15-29)16-30)21-5-2-18(14-26-21)28-10-7-25-8-11-28/h2-5,12-14,17,25,30H,6-11,15-16H2,1H3. The average Bonchev–Trinajstić information content (AvgIpc) is 3.33. The van der Waals surface area contributed by atoms with Gasteiger partial charge in [0.1, 0.15) is 5.75 Å². The minimum atomic E-state index is 0.231. The molecule has 2 aliphatic heterocycles. The highest BCUT2D eigenvalue weighted by Gasteiger charge is 2.24. The van der Waals surface area contributed by atoms with Crippen LogP contribution in [0.4, 0.5) is 11.4 Å². The first-order valence-corrected chi connectivity index (χ1v) is 11.0. The molecule has 0 radical (unpaired) electrons. The molecule has 162 valence electrons. The maximum absolute atomic E-state index is 9.60. The Morgan fingerprint density at radius 2 is 1.94 bits per heavy atom. The fraction of sp³-hybridized carbons (Fsp3) is 0.417. The van der Waals surface area contributed by atoms with Crippen LogP contribution in [-0.2, 0) is 0 Å². The Bertz CT molecular complexity index is 1050. The third-order valence-electron chi connectivity index (χ3n) is 6.37. The lowest BCUT2D eigenvalue weighted by Gasteiger charge is -2.29. The molecule has 2 saturated heterocycles. The highest BCUT2D eigenvalue weighted by atomic mass is 16.5. The van der Waals surface area contributed by atoms with Crippen LogP contribution in [0.2, 0.25) is 0 Å². The molecule has 1 atom stereocenters. The number of methoxy groups -OCH3 is 1. The van der Waals surface area contributed by atoms with E-state index in [9.17, 15) is 5.11 Å². The molecule has 2 aliphatic rings. The Labute approximate surface area is 182 Å². The van der Waals surface area contributed by atoms with E-state index in [1.165, 1.54) is 0 Å². The number of hydrogen-bond acceptors (Lipinski definition) is 7. The summed E-state index contributed by atoms with van der Waals surface area (Å²) in [6.07, 6.45) is 2.96. The SMILES string of the molecule is COc1ccc2c(N3CCC(CO)C3)cc(-c3ccc(N4CCNCC4)cn3)nc2c1. The normalized spacial score (nSPS) is 19.2. The van der Waals surface area contributed by atoms with Gasteiger partial charge in [-0.15, -0.1) is 0 Å². The molecule has 0 spiro atoms. The van der Waals surface area contributed by atoms with E-state index in [0.29, 0.717) is 5.92 Å². The number of aromatic nitrogens is 2. The van der Waals surface area contributed by atoms with E-state index < -0.39 is 0 Å². The molecule has 31 heavy (non-hydrogen) atoms. The monoisotopic (exact) mass is 419 g/mol. The van der Waals surface area contributed by atoms with Crippen molar-refractivity contribution >= 4 is 22.3 Å². The molecule has 3 aromatic rings. The zero-order valence-corrected chi connectivity index (χ0v) is 17.9. The van der Waals surface area contributed by atoms with Crippen molar-refractivity contribution in [3.8, 4) is 17.1 Å². The van der Waals surface area contributed by atoms with Gasteiger partial charge in [0.15, 0.2) is 0 Å². The number of aliphatic hydroxyl groups is 1. The van der Waals surface area contributed by atoms with Crippen molar-refractivity contribution in [3.05, 3.63) is 42.6 Å². The van der Waals surface area contributed by atoms with Gasteiger partial charge in [0.05, 0.1) is 35.9 Å². The highest BCUT2D eigenvalue weighted by molar-refractivity contribution is 5.95. The van der Waals surface area contributed by atoms with Crippen molar-refractivity contribution in [3.63, 3.8) is 0 Å². The fourth-order valence-electron chi connectivity index (χ4n) is 4.56. The van der Waals surface area contributed by atoms with Gasteiger partial charge in [-0.2, -0.15) is 0 Å². The molecule has 1 unspecified atom stereocenters. The van der Waals surface area contributed by atoms with Gasteiger partial charge in [-0.25, -0.2) is 4.98 Å². The lowest BCUT2D eigenvalue weighted by atomic mass is 10.1. The average molecular weight is 420 g/mol. The summed E-state index contributed by atoms with van der Waals surface area (Å²) >= 11 is 0. The van der Waals surface area contributed by atoms with Crippen molar-refractivity contribution in [1.29, 1.82) is 0 Å². The van der Waals surface area contributed by atoms with E-state index in [1.54, 1.807) is 7.11 Å².